The van der Waals surface area contributed by atoms with E-state index >= 15 is 0 Å². The zero-order valence-corrected chi connectivity index (χ0v) is 19.5. The summed E-state index contributed by atoms with van der Waals surface area (Å²) in [5, 5.41) is 2.88. The molecule has 0 saturated heterocycles. The van der Waals surface area contributed by atoms with Crippen LogP contribution in [0.4, 0.5) is 5.69 Å². The number of amides is 2. The molecule has 0 atom stereocenters. The number of methoxy groups -OCH3 is 2. The van der Waals surface area contributed by atoms with Crippen LogP contribution in [-0.2, 0) is 19.4 Å². The Hall–Kier alpha value is -3.84. The molecule has 0 aromatic heterocycles. The molecule has 176 valence electrons. The van der Waals surface area contributed by atoms with E-state index in [1.54, 1.807) is 38.5 Å². The van der Waals surface area contributed by atoms with Crippen molar-refractivity contribution in [2.24, 2.45) is 5.73 Å². The van der Waals surface area contributed by atoms with Crippen molar-refractivity contribution in [3.8, 4) is 11.5 Å². The van der Waals surface area contributed by atoms with Crippen molar-refractivity contribution in [2.75, 3.05) is 32.6 Å². The summed E-state index contributed by atoms with van der Waals surface area (Å²) in [6.45, 7) is 2.73. The van der Waals surface area contributed by atoms with Crippen LogP contribution >= 0.6 is 0 Å². The van der Waals surface area contributed by atoms with Gasteiger partial charge in [0, 0.05) is 25.3 Å². The van der Waals surface area contributed by atoms with Crippen LogP contribution in [0, 0.1) is 0 Å². The van der Waals surface area contributed by atoms with Gasteiger partial charge in [0.25, 0.3) is 5.91 Å². The molecule has 3 aromatic rings. The first kappa shape index (κ1) is 23.3. The molecule has 7 heteroatoms. The van der Waals surface area contributed by atoms with Gasteiger partial charge in [-0.3, -0.25) is 14.5 Å². The molecule has 34 heavy (non-hydrogen) atoms. The minimum Gasteiger partial charge on any atom is -0.493 e. The lowest BCUT2D eigenvalue weighted by Crippen LogP contribution is -2.32. The highest BCUT2D eigenvalue weighted by Gasteiger charge is 2.19. The number of nitrogens with one attached hydrogen (secondary N) is 1. The molecular formula is C27H29N3O4. The van der Waals surface area contributed by atoms with Gasteiger partial charge < -0.3 is 20.5 Å². The zero-order chi connectivity index (χ0) is 24.1. The predicted molar refractivity (Wildman–Crippen MR) is 132 cm³/mol. The molecule has 1 aliphatic heterocycles. The Morgan fingerprint density at radius 1 is 0.941 bits per heavy atom. The number of ether oxygens (including phenoxy) is 2. The average molecular weight is 460 g/mol. The van der Waals surface area contributed by atoms with Crippen LogP contribution < -0.4 is 20.5 Å². The van der Waals surface area contributed by atoms with Crippen LogP contribution in [0.1, 0.15) is 37.4 Å². The van der Waals surface area contributed by atoms with E-state index in [2.05, 4.69) is 28.4 Å². The number of fused-ring (bicyclic) bond motifs is 1. The maximum atomic E-state index is 12.7. The second-order valence-electron chi connectivity index (χ2n) is 8.32. The molecular weight excluding hydrogens is 430 g/mol. The lowest BCUT2D eigenvalue weighted by molar-refractivity contribution is 0.0977. The summed E-state index contributed by atoms with van der Waals surface area (Å²) in [5.74, 6) is 0.540. The van der Waals surface area contributed by atoms with Crippen LogP contribution in [0.3, 0.4) is 0 Å². The number of benzene rings is 3. The number of rotatable bonds is 8. The highest BCUT2D eigenvalue weighted by Crippen LogP contribution is 2.33. The van der Waals surface area contributed by atoms with Crippen molar-refractivity contribution in [3.05, 3.63) is 88.5 Å². The van der Waals surface area contributed by atoms with Crippen LogP contribution in [0.25, 0.3) is 0 Å². The first-order chi connectivity index (χ1) is 16.5. The van der Waals surface area contributed by atoms with Gasteiger partial charge in [-0.2, -0.15) is 0 Å². The number of primary amides is 1. The van der Waals surface area contributed by atoms with E-state index in [1.165, 1.54) is 11.1 Å². The van der Waals surface area contributed by atoms with Crippen LogP contribution in [0.15, 0.2) is 60.7 Å². The molecule has 0 unspecified atom stereocenters. The van der Waals surface area contributed by atoms with Gasteiger partial charge in [0.15, 0.2) is 11.5 Å². The Morgan fingerprint density at radius 3 is 2.35 bits per heavy atom. The molecule has 0 bridgehead atoms. The Kier molecular flexibility index (Phi) is 7.13. The third-order valence-corrected chi connectivity index (χ3v) is 6.14. The summed E-state index contributed by atoms with van der Waals surface area (Å²) >= 11 is 0. The molecule has 0 fully saturated rings. The molecule has 3 aromatic carbocycles. The molecule has 0 saturated carbocycles. The Morgan fingerprint density at radius 2 is 1.65 bits per heavy atom. The molecule has 1 aliphatic rings. The lowest BCUT2D eigenvalue weighted by Gasteiger charge is -2.29. The molecule has 4 rings (SSSR count). The van der Waals surface area contributed by atoms with Gasteiger partial charge in [-0.15, -0.1) is 0 Å². The van der Waals surface area contributed by atoms with E-state index < -0.39 is 5.91 Å². The molecule has 2 amide bonds. The van der Waals surface area contributed by atoms with Crippen LogP contribution in [-0.4, -0.2) is 44.0 Å². The summed E-state index contributed by atoms with van der Waals surface area (Å²) < 4.78 is 10.9. The quantitative estimate of drug-likeness (QED) is 0.536. The molecule has 0 spiro atoms. The average Bonchev–Trinajstić information content (AvgIpc) is 2.86. The van der Waals surface area contributed by atoms with Crippen molar-refractivity contribution in [1.29, 1.82) is 0 Å². The van der Waals surface area contributed by atoms with Crippen LogP contribution in [0.2, 0.25) is 0 Å². The van der Waals surface area contributed by atoms with Gasteiger partial charge in [-0.25, -0.2) is 0 Å². The highest BCUT2D eigenvalue weighted by atomic mass is 16.5. The number of nitrogens with zero attached hydrogens (tertiary/aromatic N) is 1. The van der Waals surface area contributed by atoms with Crippen molar-refractivity contribution in [2.45, 2.75) is 19.4 Å². The monoisotopic (exact) mass is 459 g/mol. The van der Waals surface area contributed by atoms with Crippen molar-refractivity contribution >= 4 is 17.5 Å². The van der Waals surface area contributed by atoms with Gasteiger partial charge in [0.05, 0.1) is 25.3 Å². The number of hydrogen-bond acceptors (Lipinski definition) is 5. The molecule has 0 aliphatic carbocycles. The summed E-state index contributed by atoms with van der Waals surface area (Å²) in [4.78, 5) is 26.8. The second kappa shape index (κ2) is 10.4. The highest BCUT2D eigenvalue weighted by molar-refractivity contribution is 6.11. The molecule has 3 N–H and O–H groups in total. The number of carbonyl (C=O) groups is 2. The predicted octanol–water partition coefficient (Wildman–Crippen LogP) is 3.66. The summed E-state index contributed by atoms with van der Waals surface area (Å²) in [7, 11) is 3.32. The number of hydrogen-bond donors (Lipinski definition) is 2. The fourth-order valence-electron chi connectivity index (χ4n) is 4.32. The standard InChI is InChI=1S/C27H29N3O4/c1-33-24-15-19-11-13-30(17-20(19)16-25(24)34-2)12-10-18-6-5-7-21(14-18)29-27(32)23-9-4-3-8-22(23)26(28)31/h3-9,14-16H,10-13,17H2,1-2H3,(H2,28,31)(H,29,32). The maximum absolute atomic E-state index is 12.7. The van der Waals surface area contributed by atoms with E-state index in [0.29, 0.717) is 5.69 Å². The van der Waals surface area contributed by atoms with Gasteiger partial charge in [0.1, 0.15) is 0 Å². The second-order valence-corrected chi connectivity index (χ2v) is 8.32. The molecule has 0 radical (unpaired) electrons. The van der Waals surface area contributed by atoms with Gasteiger partial charge in [-0.05, 0) is 65.9 Å². The lowest BCUT2D eigenvalue weighted by atomic mass is 9.98. The Labute approximate surface area is 199 Å². The minimum absolute atomic E-state index is 0.204. The van der Waals surface area contributed by atoms with Gasteiger partial charge in [0.2, 0.25) is 5.91 Å². The fraction of sp³-hybridized carbons (Fsp3) is 0.259. The van der Waals surface area contributed by atoms with E-state index in [1.807, 2.05) is 18.2 Å². The van der Waals surface area contributed by atoms with Gasteiger partial charge in [-0.1, -0.05) is 24.3 Å². The third kappa shape index (κ3) is 5.21. The van der Waals surface area contributed by atoms with Crippen LogP contribution in [0.5, 0.6) is 11.5 Å². The third-order valence-electron chi connectivity index (χ3n) is 6.14. The normalized spacial score (nSPS) is 13.1. The SMILES string of the molecule is COc1cc2c(cc1OC)CN(CCc1cccc(NC(=O)c3ccccc3C(N)=O)c1)CC2. The maximum Gasteiger partial charge on any atom is 0.256 e. The Balaban J connectivity index is 1.39. The van der Waals surface area contributed by atoms with Crippen molar-refractivity contribution in [1.82, 2.24) is 4.90 Å². The number of nitrogens with two attached hydrogens (primary N) is 1. The number of carbonyl (C=O) groups excluding carboxylic acids is 2. The van der Waals surface area contributed by atoms with Crippen molar-refractivity contribution in [3.63, 3.8) is 0 Å². The van der Waals surface area contributed by atoms with E-state index in [9.17, 15) is 9.59 Å². The zero-order valence-electron chi connectivity index (χ0n) is 19.5. The summed E-state index contributed by atoms with van der Waals surface area (Å²) in [6, 6.07) is 18.5. The minimum atomic E-state index is -0.626. The molecule has 1 heterocycles. The fourth-order valence-corrected chi connectivity index (χ4v) is 4.32. The smallest absolute Gasteiger partial charge is 0.256 e. The Bertz CT molecular complexity index is 1210. The summed E-state index contributed by atoms with van der Waals surface area (Å²) in [6.07, 6.45) is 1.81. The first-order valence-electron chi connectivity index (χ1n) is 11.2. The van der Waals surface area contributed by atoms with E-state index in [-0.39, 0.29) is 17.0 Å². The molecule has 7 nitrogen and oxygen atoms in total. The first-order valence-corrected chi connectivity index (χ1v) is 11.2. The van der Waals surface area contributed by atoms with Crippen molar-refractivity contribution < 1.29 is 19.1 Å². The van der Waals surface area contributed by atoms with E-state index in [4.69, 9.17) is 15.2 Å². The van der Waals surface area contributed by atoms with Gasteiger partial charge >= 0.3 is 0 Å². The topological polar surface area (TPSA) is 93.9 Å². The number of anilines is 1. The van der Waals surface area contributed by atoms with E-state index in [0.717, 1.165) is 49.5 Å². The largest absolute Gasteiger partial charge is 0.493 e. The summed E-state index contributed by atoms with van der Waals surface area (Å²) in [5.41, 5.74) is 10.2.